The highest BCUT2D eigenvalue weighted by molar-refractivity contribution is 6.46. The van der Waals surface area contributed by atoms with Crippen LogP contribution in [-0.4, -0.2) is 34.8 Å². The number of benzene rings is 2. The molecule has 1 unspecified atom stereocenters. The lowest BCUT2D eigenvalue weighted by molar-refractivity contribution is -0.139. The first-order valence-corrected chi connectivity index (χ1v) is 10.6. The number of amides is 1. The molecule has 1 amide bonds. The Morgan fingerprint density at radius 2 is 1.83 bits per heavy atom. The Bertz CT molecular complexity index is 963. The molecule has 1 aliphatic heterocycles. The molecule has 0 bridgehead atoms. The van der Waals surface area contributed by atoms with Gasteiger partial charge < -0.3 is 14.7 Å². The number of aliphatic hydroxyl groups is 1. The normalized spacial score (nSPS) is 18.1. The number of ketones is 1. The molecular formula is C25H29NO4. The summed E-state index contributed by atoms with van der Waals surface area (Å²) in [6.45, 7) is 7.05. The summed E-state index contributed by atoms with van der Waals surface area (Å²) in [5.74, 6) is -0.746. The van der Waals surface area contributed by atoms with Gasteiger partial charge in [0.25, 0.3) is 11.7 Å². The summed E-state index contributed by atoms with van der Waals surface area (Å²) in [5.41, 5.74) is 2.43. The zero-order valence-corrected chi connectivity index (χ0v) is 17.9. The number of unbranched alkanes of at least 4 members (excludes halogenated alkanes) is 1. The molecule has 0 aliphatic carbocycles. The van der Waals surface area contributed by atoms with Crippen molar-refractivity contribution in [1.29, 1.82) is 0 Å². The summed E-state index contributed by atoms with van der Waals surface area (Å²) in [4.78, 5) is 27.5. The highest BCUT2D eigenvalue weighted by Crippen LogP contribution is 2.40. The van der Waals surface area contributed by atoms with Crippen LogP contribution in [0.5, 0.6) is 5.75 Å². The third-order valence-corrected chi connectivity index (χ3v) is 5.36. The van der Waals surface area contributed by atoms with E-state index in [4.69, 9.17) is 4.74 Å². The molecule has 5 heteroatoms. The highest BCUT2D eigenvalue weighted by atomic mass is 16.5. The average Bonchev–Trinajstić information content (AvgIpc) is 3.00. The van der Waals surface area contributed by atoms with Gasteiger partial charge in [-0.3, -0.25) is 9.59 Å². The fraction of sp³-hybridized carbons (Fsp3) is 0.360. The predicted octanol–water partition coefficient (Wildman–Crippen LogP) is 5.01. The van der Waals surface area contributed by atoms with Crippen molar-refractivity contribution in [2.45, 2.75) is 46.1 Å². The van der Waals surface area contributed by atoms with Gasteiger partial charge in [-0.2, -0.15) is 0 Å². The van der Waals surface area contributed by atoms with E-state index in [1.807, 2.05) is 51.1 Å². The summed E-state index contributed by atoms with van der Waals surface area (Å²) in [7, 11) is 0. The van der Waals surface area contributed by atoms with Gasteiger partial charge in [-0.25, -0.2) is 0 Å². The van der Waals surface area contributed by atoms with Crippen LogP contribution in [0.2, 0.25) is 0 Å². The summed E-state index contributed by atoms with van der Waals surface area (Å²) < 4.78 is 5.67. The lowest BCUT2D eigenvalue weighted by Gasteiger charge is -2.26. The van der Waals surface area contributed by atoms with Crippen LogP contribution in [0.15, 0.2) is 54.1 Å². The van der Waals surface area contributed by atoms with Crippen LogP contribution in [0.4, 0.5) is 0 Å². The molecule has 0 saturated carbocycles. The maximum atomic E-state index is 13.0. The largest absolute Gasteiger partial charge is 0.507 e. The third-order valence-electron chi connectivity index (χ3n) is 5.36. The van der Waals surface area contributed by atoms with Crippen LogP contribution in [0.1, 0.15) is 55.8 Å². The quantitative estimate of drug-likeness (QED) is 0.380. The van der Waals surface area contributed by atoms with E-state index in [0.29, 0.717) is 24.5 Å². The summed E-state index contributed by atoms with van der Waals surface area (Å²) in [6.07, 6.45) is 2.56. The van der Waals surface area contributed by atoms with E-state index in [2.05, 4.69) is 0 Å². The molecule has 1 aliphatic rings. The summed E-state index contributed by atoms with van der Waals surface area (Å²) in [6, 6.07) is 14.1. The Labute approximate surface area is 178 Å². The first kappa shape index (κ1) is 21.6. The number of hydrogen-bond acceptors (Lipinski definition) is 4. The predicted molar refractivity (Wildman–Crippen MR) is 117 cm³/mol. The van der Waals surface area contributed by atoms with E-state index in [1.54, 1.807) is 23.1 Å². The minimum Gasteiger partial charge on any atom is -0.507 e. The number of hydrogen-bond donors (Lipinski definition) is 1. The van der Waals surface area contributed by atoms with Crippen LogP contribution >= 0.6 is 0 Å². The molecule has 1 fully saturated rings. The van der Waals surface area contributed by atoms with E-state index in [1.165, 1.54) is 0 Å². The van der Waals surface area contributed by atoms with Gasteiger partial charge in [0, 0.05) is 12.1 Å². The van der Waals surface area contributed by atoms with Gasteiger partial charge in [-0.15, -0.1) is 0 Å². The zero-order chi connectivity index (χ0) is 21.7. The highest BCUT2D eigenvalue weighted by Gasteiger charge is 2.46. The number of aryl methyl sites for hydroxylation is 1. The molecule has 2 aromatic rings. The van der Waals surface area contributed by atoms with E-state index in [-0.39, 0.29) is 11.3 Å². The van der Waals surface area contributed by atoms with Crippen LogP contribution in [0.3, 0.4) is 0 Å². The van der Waals surface area contributed by atoms with Crippen LogP contribution in [-0.2, 0) is 9.59 Å². The van der Waals surface area contributed by atoms with Crippen molar-refractivity contribution in [3.63, 3.8) is 0 Å². The monoisotopic (exact) mass is 407 g/mol. The van der Waals surface area contributed by atoms with Crippen molar-refractivity contribution in [2.24, 2.45) is 0 Å². The molecule has 2 aromatic carbocycles. The molecule has 1 heterocycles. The Morgan fingerprint density at radius 3 is 2.53 bits per heavy atom. The maximum Gasteiger partial charge on any atom is 0.295 e. The minimum absolute atomic E-state index is 0.137. The second-order valence-corrected chi connectivity index (χ2v) is 7.58. The smallest absolute Gasteiger partial charge is 0.295 e. The molecule has 1 N–H and O–H groups in total. The van der Waals surface area contributed by atoms with Gasteiger partial charge in [-0.05, 0) is 43.0 Å². The van der Waals surface area contributed by atoms with E-state index >= 15 is 0 Å². The Hall–Kier alpha value is -3.08. The number of nitrogens with zero attached hydrogens (tertiary/aromatic N) is 1. The van der Waals surface area contributed by atoms with E-state index in [9.17, 15) is 14.7 Å². The van der Waals surface area contributed by atoms with Crippen LogP contribution in [0.25, 0.3) is 5.76 Å². The molecule has 0 spiro atoms. The molecule has 0 radical (unpaired) electrons. The van der Waals surface area contributed by atoms with Crippen molar-refractivity contribution < 1.29 is 19.4 Å². The standard InChI is InChI=1S/C25H29NO4/c1-4-6-14-26-22(20-13-8-7-10-17(20)3)21(24(28)25(26)29)23(27)18-11-9-12-19(16-18)30-15-5-2/h7-13,16,22,27H,4-6,14-15H2,1-3H3/b23-21+. The lowest BCUT2D eigenvalue weighted by Crippen LogP contribution is -2.30. The summed E-state index contributed by atoms with van der Waals surface area (Å²) in [5, 5.41) is 11.1. The number of rotatable bonds is 8. The first-order chi connectivity index (χ1) is 14.5. The average molecular weight is 408 g/mol. The molecule has 0 aromatic heterocycles. The van der Waals surface area contributed by atoms with E-state index in [0.717, 1.165) is 30.4 Å². The van der Waals surface area contributed by atoms with Gasteiger partial charge in [0.15, 0.2) is 0 Å². The van der Waals surface area contributed by atoms with Crippen molar-refractivity contribution >= 4 is 17.4 Å². The topological polar surface area (TPSA) is 66.8 Å². The summed E-state index contributed by atoms with van der Waals surface area (Å²) >= 11 is 0. The first-order valence-electron chi connectivity index (χ1n) is 10.6. The molecule has 30 heavy (non-hydrogen) atoms. The fourth-order valence-corrected chi connectivity index (χ4v) is 3.76. The van der Waals surface area contributed by atoms with E-state index < -0.39 is 17.7 Å². The number of aliphatic hydroxyl groups excluding tert-OH is 1. The zero-order valence-electron chi connectivity index (χ0n) is 17.9. The number of carbonyl (C=O) groups excluding carboxylic acids is 2. The molecular weight excluding hydrogens is 378 g/mol. The second kappa shape index (κ2) is 9.61. The van der Waals surface area contributed by atoms with Crippen LogP contribution < -0.4 is 4.74 Å². The van der Waals surface area contributed by atoms with Crippen molar-refractivity contribution in [2.75, 3.05) is 13.2 Å². The Kier molecular flexibility index (Phi) is 6.93. The number of likely N-dealkylation sites (tertiary alicyclic amines) is 1. The molecule has 3 rings (SSSR count). The Balaban J connectivity index is 2.13. The maximum absolute atomic E-state index is 13.0. The molecule has 5 nitrogen and oxygen atoms in total. The van der Waals surface area contributed by atoms with Gasteiger partial charge in [0.2, 0.25) is 0 Å². The number of carbonyl (C=O) groups is 2. The Morgan fingerprint density at radius 1 is 1.07 bits per heavy atom. The molecule has 1 atom stereocenters. The lowest BCUT2D eigenvalue weighted by atomic mass is 9.92. The molecule has 158 valence electrons. The van der Waals surface area contributed by atoms with Gasteiger partial charge in [0.1, 0.15) is 11.5 Å². The van der Waals surface area contributed by atoms with Gasteiger partial charge >= 0.3 is 0 Å². The van der Waals surface area contributed by atoms with Crippen molar-refractivity contribution in [3.05, 3.63) is 70.8 Å². The number of ether oxygens (including phenoxy) is 1. The van der Waals surface area contributed by atoms with Crippen molar-refractivity contribution in [3.8, 4) is 5.75 Å². The number of Topliss-reactive ketones (excluding diaryl/α,β-unsaturated/α-hetero) is 1. The fourth-order valence-electron chi connectivity index (χ4n) is 3.76. The van der Waals surface area contributed by atoms with Crippen LogP contribution in [0, 0.1) is 6.92 Å². The SMILES string of the molecule is CCCCN1C(=O)C(=O)/C(=C(/O)c2cccc(OCCC)c2)C1c1ccccc1C. The van der Waals surface area contributed by atoms with Gasteiger partial charge in [0.05, 0.1) is 18.2 Å². The van der Waals surface area contributed by atoms with Gasteiger partial charge in [-0.1, -0.05) is 56.7 Å². The minimum atomic E-state index is -0.642. The third kappa shape index (κ3) is 4.25. The second-order valence-electron chi connectivity index (χ2n) is 7.58. The molecule has 1 saturated heterocycles. The van der Waals surface area contributed by atoms with Crippen molar-refractivity contribution in [1.82, 2.24) is 4.90 Å².